The molecule has 18 heavy (non-hydrogen) atoms. The normalized spacial score (nSPS) is 16.0. The second kappa shape index (κ2) is 6.60. The van der Waals surface area contributed by atoms with Crippen LogP contribution < -0.4 is 10.5 Å². The van der Waals surface area contributed by atoms with Crippen molar-refractivity contribution in [3.05, 3.63) is 28.5 Å². The molecule has 1 aromatic carbocycles. The topological polar surface area (TPSA) is 35.2 Å². The van der Waals surface area contributed by atoms with Crippen LogP contribution in [0.2, 0.25) is 5.02 Å². The van der Waals surface area contributed by atoms with Gasteiger partial charge in [0.15, 0.2) is 0 Å². The minimum Gasteiger partial charge on any atom is -0.491 e. The minimum atomic E-state index is -0.343. The number of rotatable bonds is 5. The SMILES string of the molecule is CC(N)Cc1cc(F)cc(Cl)c1OCC1CC1.Cl. The molecule has 1 atom stereocenters. The average molecular weight is 294 g/mol. The summed E-state index contributed by atoms with van der Waals surface area (Å²) in [5.41, 5.74) is 6.50. The summed E-state index contributed by atoms with van der Waals surface area (Å²) in [7, 11) is 0. The van der Waals surface area contributed by atoms with E-state index in [4.69, 9.17) is 22.1 Å². The number of nitrogens with two attached hydrogens (primary N) is 1. The first kappa shape index (κ1) is 15.5. The highest BCUT2D eigenvalue weighted by Crippen LogP contribution is 2.34. The Hall–Kier alpha value is -0.510. The number of hydrogen-bond acceptors (Lipinski definition) is 2. The molecule has 5 heteroatoms. The number of halogens is 3. The maximum absolute atomic E-state index is 13.3. The summed E-state index contributed by atoms with van der Waals surface area (Å²) in [6.45, 7) is 2.54. The highest BCUT2D eigenvalue weighted by atomic mass is 35.5. The van der Waals surface area contributed by atoms with E-state index in [2.05, 4.69) is 0 Å². The molecule has 1 aromatic rings. The van der Waals surface area contributed by atoms with Gasteiger partial charge in [0.25, 0.3) is 0 Å². The van der Waals surface area contributed by atoms with Crippen molar-refractivity contribution in [3.8, 4) is 5.75 Å². The van der Waals surface area contributed by atoms with E-state index < -0.39 is 0 Å². The highest BCUT2D eigenvalue weighted by molar-refractivity contribution is 6.32. The lowest BCUT2D eigenvalue weighted by molar-refractivity contribution is 0.296. The van der Waals surface area contributed by atoms with Gasteiger partial charge in [0, 0.05) is 11.6 Å². The summed E-state index contributed by atoms with van der Waals surface area (Å²) < 4.78 is 19.0. The second-order valence-corrected chi connectivity index (χ2v) is 5.22. The average Bonchev–Trinajstić information content (AvgIpc) is 2.98. The molecule has 2 rings (SSSR count). The smallest absolute Gasteiger partial charge is 0.141 e. The van der Waals surface area contributed by atoms with Crippen molar-refractivity contribution in [2.75, 3.05) is 6.61 Å². The third-order valence-corrected chi connectivity index (χ3v) is 3.07. The van der Waals surface area contributed by atoms with Crippen LogP contribution in [0.1, 0.15) is 25.3 Å². The second-order valence-electron chi connectivity index (χ2n) is 4.81. The molecule has 1 unspecified atom stereocenters. The van der Waals surface area contributed by atoms with E-state index in [0.29, 0.717) is 29.7 Å². The molecule has 2 N–H and O–H groups in total. The van der Waals surface area contributed by atoms with Gasteiger partial charge in [-0.15, -0.1) is 12.4 Å². The zero-order valence-corrected chi connectivity index (χ0v) is 11.9. The quantitative estimate of drug-likeness (QED) is 0.901. The van der Waals surface area contributed by atoms with Crippen molar-refractivity contribution >= 4 is 24.0 Å². The first-order chi connectivity index (χ1) is 8.06. The Morgan fingerprint density at radius 2 is 2.17 bits per heavy atom. The maximum Gasteiger partial charge on any atom is 0.141 e. The van der Waals surface area contributed by atoms with Gasteiger partial charge >= 0.3 is 0 Å². The molecule has 1 fully saturated rings. The lowest BCUT2D eigenvalue weighted by Gasteiger charge is -2.14. The summed E-state index contributed by atoms with van der Waals surface area (Å²) in [6, 6.07) is 2.70. The predicted octanol–water partition coefficient (Wildman–Crippen LogP) is 3.58. The van der Waals surface area contributed by atoms with E-state index >= 15 is 0 Å². The molecule has 102 valence electrons. The largest absolute Gasteiger partial charge is 0.491 e. The van der Waals surface area contributed by atoms with Crippen LogP contribution in [0.4, 0.5) is 4.39 Å². The van der Waals surface area contributed by atoms with Gasteiger partial charge in [0.2, 0.25) is 0 Å². The highest BCUT2D eigenvalue weighted by Gasteiger charge is 2.23. The molecule has 0 aromatic heterocycles. The molecule has 2 nitrogen and oxygen atoms in total. The monoisotopic (exact) mass is 293 g/mol. The van der Waals surface area contributed by atoms with Crippen LogP contribution in [-0.4, -0.2) is 12.6 Å². The van der Waals surface area contributed by atoms with Crippen LogP contribution in [0.3, 0.4) is 0 Å². The fourth-order valence-electron chi connectivity index (χ4n) is 1.76. The van der Waals surface area contributed by atoms with Gasteiger partial charge in [-0.25, -0.2) is 4.39 Å². The minimum absolute atomic E-state index is 0. The first-order valence-electron chi connectivity index (χ1n) is 5.92. The Labute approximate surface area is 118 Å². The van der Waals surface area contributed by atoms with E-state index in [1.165, 1.54) is 25.0 Å². The summed E-state index contributed by atoms with van der Waals surface area (Å²) in [5, 5.41) is 0.335. The maximum atomic E-state index is 13.3. The molecule has 0 spiro atoms. The van der Waals surface area contributed by atoms with Crippen molar-refractivity contribution in [1.29, 1.82) is 0 Å². The molecule has 1 saturated carbocycles. The van der Waals surface area contributed by atoms with Crippen molar-refractivity contribution in [2.24, 2.45) is 11.7 Å². The Bertz CT molecular complexity index is 408. The zero-order chi connectivity index (χ0) is 12.4. The van der Waals surface area contributed by atoms with E-state index in [1.807, 2.05) is 6.92 Å². The fraction of sp³-hybridized carbons (Fsp3) is 0.538. The Morgan fingerprint density at radius 3 is 2.72 bits per heavy atom. The van der Waals surface area contributed by atoms with Crippen LogP contribution in [0, 0.1) is 11.7 Å². The molecular formula is C13H18Cl2FNO. The molecule has 0 bridgehead atoms. The van der Waals surface area contributed by atoms with Crippen LogP contribution in [-0.2, 0) is 6.42 Å². The van der Waals surface area contributed by atoms with Crippen LogP contribution in [0.15, 0.2) is 12.1 Å². The lowest BCUT2D eigenvalue weighted by atomic mass is 10.1. The molecule has 0 aliphatic heterocycles. The Kier molecular flexibility index (Phi) is 5.70. The molecule has 1 aliphatic rings. The predicted molar refractivity (Wildman–Crippen MR) is 74.2 cm³/mol. The van der Waals surface area contributed by atoms with Crippen LogP contribution >= 0.6 is 24.0 Å². The third-order valence-electron chi connectivity index (χ3n) is 2.79. The van der Waals surface area contributed by atoms with Crippen molar-refractivity contribution < 1.29 is 9.13 Å². The molecule has 0 saturated heterocycles. The summed E-state index contributed by atoms with van der Waals surface area (Å²) in [4.78, 5) is 0. The van der Waals surface area contributed by atoms with Crippen molar-refractivity contribution in [3.63, 3.8) is 0 Å². The van der Waals surface area contributed by atoms with Gasteiger partial charge in [0.1, 0.15) is 11.6 Å². The summed E-state index contributed by atoms with van der Waals surface area (Å²) in [6.07, 6.45) is 2.99. The van der Waals surface area contributed by atoms with Crippen molar-refractivity contribution in [1.82, 2.24) is 0 Å². The van der Waals surface area contributed by atoms with Gasteiger partial charge in [-0.3, -0.25) is 0 Å². The van der Waals surface area contributed by atoms with E-state index in [-0.39, 0.29) is 24.3 Å². The van der Waals surface area contributed by atoms with Gasteiger partial charge in [-0.2, -0.15) is 0 Å². The molecular weight excluding hydrogens is 276 g/mol. The fourth-order valence-corrected chi connectivity index (χ4v) is 2.04. The number of benzene rings is 1. The zero-order valence-electron chi connectivity index (χ0n) is 10.3. The van der Waals surface area contributed by atoms with Gasteiger partial charge in [-0.1, -0.05) is 11.6 Å². The van der Waals surface area contributed by atoms with Crippen LogP contribution in [0.25, 0.3) is 0 Å². The first-order valence-corrected chi connectivity index (χ1v) is 6.30. The molecule has 1 aliphatic carbocycles. The van der Waals surface area contributed by atoms with Gasteiger partial charge < -0.3 is 10.5 Å². The molecule has 0 amide bonds. The molecule has 0 heterocycles. The number of hydrogen-bond donors (Lipinski definition) is 1. The van der Waals surface area contributed by atoms with Gasteiger partial charge in [-0.05, 0) is 44.2 Å². The summed E-state index contributed by atoms with van der Waals surface area (Å²) in [5.74, 6) is 0.890. The van der Waals surface area contributed by atoms with Crippen LogP contribution in [0.5, 0.6) is 5.75 Å². The Morgan fingerprint density at radius 1 is 1.50 bits per heavy atom. The van der Waals surface area contributed by atoms with E-state index in [0.717, 1.165) is 5.56 Å². The van der Waals surface area contributed by atoms with E-state index in [1.54, 1.807) is 0 Å². The van der Waals surface area contributed by atoms with Crippen molar-refractivity contribution in [2.45, 2.75) is 32.2 Å². The standard InChI is InChI=1S/C13H17ClFNO.ClH/c1-8(16)4-10-5-11(15)6-12(14)13(10)17-7-9-2-3-9;/h5-6,8-9H,2-4,7,16H2,1H3;1H. The van der Waals surface area contributed by atoms with Gasteiger partial charge in [0.05, 0.1) is 11.6 Å². The lowest BCUT2D eigenvalue weighted by Crippen LogP contribution is -2.18. The van der Waals surface area contributed by atoms with E-state index in [9.17, 15) is 4.39 Å². The number of ether oxygens (including phenoxy) is 1. The molecule has 0 radical (unpaired) electrons. The Balaban J connectivity index is 0.00000162. The summed E-state index contributed by atoms with van der Waals surface area (Å²) >= 11 is 6.02. The third kappa shape index (κ3) is 4.30.